The summed E-state index contributed by atoms with van der Waals surface area (Å²) in [6.45, 7) is 0.394. The summed E-state index contributed by atoms with van der Waals surface area (Å²) in [4.78, 5) is 0. The van der Waals surface area contributed by atoms with E-state index in [4.69, 9.17) is 11.2 Å². The molecule has 2 aromatic rings. The largest absolute Gasteiger partial charge is 0.357 e. The zero-order valence-electron chi connectivity index (χ0n) is 12.0. The molecule has 0 aliphatic carbocycles. The molecule has 0 bridgehead atoms. The third-order valence-corrected chi connectivity index (χ3v) is 5.76. The van der Waals surface area contributed by atoms with E-state index < -0.39 is 15.3 Å². The first kappa shape index (κ1) is 14.8. The highest BCUT2D eigenvalue weighted by atomic mass is 32.2. The van der Waals surface area contributed by atoms with Gasteiger partial charge in [-0.3, -0.25) is 0 Å². The molecule has 22 heavy (non-hydrogen) atoms. The lowest BCUT2D eigenvalue weighted by molar-refractivity contribution is 0.0849. The van der Waals surface area contributed by atoms with Crippen LogP contribution in [0.3, 0.4) is 0 Å². The van der Waals surface area contributed by atoms with Crippen LogP contribution in [0.5, 0.6) is 0 Å². The Kier molecular flexibility index (Phi) is 4.02. The summed E-state index contributed by atoms with van der Waals surface area (Å²) in [5.41, 5.74) is 1.44. The Morgan fingerprint density at radius 1 is 1.00 bits per heavy atom. The Balaban J connectivity index is 1.84. The zero-order chi connectivity index (χ0) is 15.6. The van der Waals surface area contributed by atoms with Crippen LogP contribution < -0.4 is 0 Å². The molecule has 2 unspecified atom stereocenters. The first-order valence-electron chi connectivity index (χ1n) is 7.05. The number of ether oxygens (including phenoxy) is 1. The molecule has 0 spiro atoms. The fourth-order valence-corrected chi connectivity index (χ4v) is 4.56. The maximum atomic E-state index is 12.6. The lowest BCUT2D eigenvalue weighted by Crippen LogP contribution is -2.32. The molecule has 1 heterocycles. The molecular formula is C18H16O3S. The molecule has 1 fully saturated rings. The summed E-state index contributed by atoms with van der Waals surface area (Å²) in [5, 5.41) is 0. The Hall–Kier alpha value is -2.09. The van der Waals surface area contributed by atoms with Gasteiger partial charge in [0.2, 0.25) is 0 Å². The maximum Gasteiger partial charge on any atom is 0.183 e. The van der Waals surface area contributed by atoms with E-state index in [1.165, 1.54) is 0 Å². The van der Waals surface area contributed by atoms with Crippen molar-refractivity contribution in [3.63, 3.8) is 0 Å². The molecule has 0 saturated carbocycles. The number of benzene rings is 2. The van der Waals surface area contributed by atoms with Crippen molar-refractivity contribution in [3.05, 3.63) is 71.3 Å². The average Bonchev–Trinajstić information content (AvgIpc) is 2.55. The standard InChI is InChI=1S/C18H16O3S/c1-2-14-8-10-16(11-9-14)18-21-12-17(13-22(18,19)20)15-6-4-3-5-7-15/h1,3-11,17-18H,12-13H2. The van der Waals surface area contributed by atoms with Crippen LogP contribution in [0.15, 0.2) is 54.6 Å². The van der Waals surface area contributed by atoms with Gasteiger partial charge < -0.3 is 4.74 Å². The van der Waals surface area contributed by atoms with Crippen LogP contribution in [0.4, 0.5) is 0 Å². The van der Waals surface area contributed by atoms with Crippen LogP contribution in [0.2, 0.25) is 0 Å². The zero-order valence-corrected chi connectivity index (χ0v) is 12.8. The first-order valence-corrected chi connectivity index (χ1v) is 8.76. The molecule has 1 aliphatic heterocycles. The van der Waals surface area contributed by atoms with Crippen molar-refractivity contribution in [1.29, 1.82) is 0 Å². The van der Waals surface area contributed by atoms with Gasteiger partial charge in [0, 0.05) is 11.5 Å². The molecule has 0 N–H and O–H groups in total. The number of hydrogen-bond donors (Lipinski definition) is 0. The van der Waals surface area contributed by atoms with E-state index >= 15 is 0 Å². The molecule has 0 radical (unpaired) electrons. The van der Waals surface area contributed by atoms with Gasteiger partial charge >= 0.3 is 0 Å². The van der Waals surface area contributed by atoms with Crippen LogP contribution in [-0.4, -0.2) is 20.8 Å². The van der Waals surface area contributed by atoms with Crippen molar-refractivity contribution >= 4 is 9.84 Å². The molecule has 0 amide bonds. The second-order valence-corrected chi connectivity index (χ2v) is 7.46. The van der Waals surface area contributed by atoms with Crippen LogP contribution in [0.1, 0.15) is 28.0 Å². The van der Waals surface area contributed by atoms with Crippen LogP contribution in [0, 0.1) is 12.3 Å². The summed E-state index contributed by atoms with van der Waals surface area (Å²) in [6, 6.07) is 16.5. The fourth-order valence-electron chi connectivity index (χ4n) is 2.68. The second-order valence-electron chi connectivity index (χ2n) is 5.37. The van der Waals surface area contributed by atoms with Crippen molar-refractivity contribution in [3.8, 4) is 12.3 Å². The normalized spacial score (nSPS) is 23.6. The summed E-state index contributed by atoms with van der Waals surface area (Å²) in [5.74, 6) is 2.49. The highest BCUT2D eigenvalue weighted by molar-refractivity contribution is 7.91. The Bertz CT molecular complexity index is 786. The second kappa shape index (κ2) is 5.96. The van der Waals surface area contributed by atoms with Gasteiger partial charge in [-0.25, -0.2) is 8.42 Å². The van der Waals surface area contributed by atoms with Gasteiger partial charge in [0.05, 0.1) is 12.4 Å². The van der Waals surface area contributed by atoms with E-state index in [-0.39, 0.29) is 11.7 Å². The number of terminal acetylenes is 1. The topological polar surface area (TPSA) is 43.4 Å². The Morgan fingerprint density at radius 3 is 2.27 bits per heavy atom. The van der Waals surface area contributed by atoms with E-state index in [2.05, 4.69) is 5.92 Å². The fraction of sp³-hybridized carbons (Fsp3) is 0.222. The van der Waals surface area contributed by atoms with Crippen molar-refractivity contribution < 1.29 is 13.2 Å². The molecular weight excluding hydrogens is 296 g/mol. The average molecular weight is 312 g/mol. The van der Waals surface area contributed by atoms with E-state index in [0.717, 1.165) is 11.1 Å². The minimum absolute atomic E-state index is 0.0958. The van der Waals surface area contributed by atoms with Crippen LogP contribution in [-0.2, 0) is 14.6 Å². The lowest BCUT2D eigenvalue weighted by Gasteiger charge is -2.29. The third kappa shape index (κ3) is 2.92. The molecule has 1 saturated heterocycles. The number of hydrogen-bond acceptors (Lipinski definition) is 3. The quantitative estimate of drug-likeness (QED) is 0.801. The van der Waals surface area contributed by atoms with E-state index in [1.807, 2.05) is 30.3 Å². The molecule has 3 rings (SSSR count). The van der Waals surface area contributed by atoms with E-state index in [1.54, 1.807) is 24.3 Å². The molecule has 1 aliphatic rings. The monoisotopic (exact) mass is 312 g/mol. The van der Waals surface area contributed by atoms with Gasteiger partial charge in [-0.2, -0.15) is 0 Å². The van der Waals surface area contributed by atoms with Gasteiger partial charge in [-0.1, -0.05) is 48.4 Å². The molecule has 3 nitrogen and oxygen atoms in total. The highest BCUT2D eigenvalue weighted by Gasteiger charge is 2.36. The van der Waals surface area contributed by atoms with Crippen molar-refractivity contribution in [2.24, 2.45) is 0 Å². The lowest BCUT2D eigenvalue weighted by atomic mass is 10.0. The Morgan fingerprint density at radius 2 is 1.68 bits per heavy atom. The van der Waals surface area contributed by atoms with Gasteiger partial charge in [-0.15, -0.1) is 6.42 Å². The molecule has 2 atom stereocenters. The van der Waals surface area contributed by atoms with Gasteiger partial charge in [0.1, 0.15) is 0 Å². The summed E-state index contributed by atoms with van der Waals surface area (Å²) in [7, 11) is -3.37. The summed E-state index contributed by atoms with van der Waals surface area (Å²) >= 11 is 0. The predicted octanol–water partition coefficient (Wildman–Crippen LogP) is 2.90. The van der Waals surface area contributed by atoms with Crippen molar-refractivity contribution in [1.82, 2.24) is 0 Å². The molecule has 0 aromatic heterocycles. The predicted molar refractivity (Wildman–Crippen MR) is 86.0 cm³/mol. The first-order chi connectivity index (χ1) is 10.6. The molecule has 2 aromatic carbocycles. The Labute approximate surface area is 130 Å². The third-order valence-electron chi connectivity index (χ3n) is 3.83. The maximum absolute atomic E-state index is 12.6. The van der Waals surface area contributed by atoms with Crippen LogP contribution in [0.25, 0.3) is 0 Å². The number of rotatable bonds is 2. The van der Waals surface area contributed by atoms with Gasteiger partial charge in [0.15, 0.2) is 15.3 Å². The van der Waals surface area contributed by atoms with Gasteiger partial charge in [0.25, 0.3) is 0 Å². The van der Waals surface area contributed by atoms with E-state index in [0.29, 0.717) is 12.2 Å². The van der Waals surface area contributed by atoms with Crippen molar-refractivity contribution in [2.45, 2.75) is 11.4 Å². The smallest absolute Gasteiger partial charge is 0.183 e. The van der Waals surface area contributed by atoms with Crippen molar-refractivity contribution in [2.75, 3.05) is 12.4 Å². The molecule has 112 valence electrons. The minimum atomic E-state index is -3.37. The SMILES string of the molecule is C#Cc1ccc(C2OCC(c3ccccc3)CS2(=O)=O)cc1. The van der Waals surface area contributed by atoms with E-state index in [9.17, 15) is 8.42 Å². The summed E-state index contributed by atoms with van der Waals surface area (Å²) in [6.07, 6.45) is 5.31. The minimum Gasteiger partial charge on any atom is -0.357 e. The summed E-state index contributed by atoms with van der Waals surface area (Å²) < 4.78 is 30.8. The molecule has 4 heteroatoms. The van der Waals surface area contributed by atoms with Gasteiger partial charge in [-0.05, 0) is 23.3 Å². The highest BCUT2D eigenvalue weighted by Crippen LogP contribution is 2.34. The number of sulfone groups is 1. The van der Waals surface area contributed by atoms with Crippen LogP contribution >= 0.6 is 0 Å².